The Hall–Kier alpha value is -3.45. The van der Waals surface area contributed by atoms with E-state index in [4.69, 9.17) is 19.5 Å². The maximum atomic E-state index is 11.1. The zero-order valence-electron chi connectivity index (χ0n) is 14.6. The number of nitrogens with one attached hydrogen (secondary N) is 1. The van der Waals surface area contributed by atoms with Gasteiger partial charge in [0, 0.05) is 23.1 Å². The molecule has 7 nitrogen and oxygen atoms in total. The molecule has 0 atom stereocenters. The highest BCUT2D eigenvalue weighted by Gasteiger charge is 2.18. The first-order valence-electron chi connectivity index (χ1n) is 8.45. The van der Waals surface area contributed by atoms with Crippen molar-refractivity contribution in [2.45, 2.75) is 12.8 Å². The molecule has 4 rings (SSSR count). The van der Waals surface area contributed by atoms with Crippen molar-refractivity contribution < 1.29 is 24.3 Å². The summed E-state index contributed by atoms with van der Waals surface area (Å²) < 4.78 is 7.27. The van der Waals surface area contributed by atoms with Crippen molar-refractivity contribution in [2.75, 3.05) is 7.11 Å². The number of rotatable bonds is 6. The lowest BCUT2D eigenvalue weighted by molar-refractivity contribution is -0.136. The van der Waals surface area contributed by atoms with Crippen molar-refractivity contribution >= 4 is 5.97 Å². The van der Waals surface area contributed by atoms with E-state index in [1.165, 1.54) is 0 Å². The number of aliphatic carboxylic acids is 1. The van der Waals surface area contributed by atoms with E-state index in [2.05, 4.69) is 5.64 Å². The number of hydrogen-bond acceptors (Lipinski definition) is 5. The fourth-order valence-corrected chi connectivity index (χ4v) is 3.11. The summed E-state index contributed by atoms with van der Waals surface area (Å²) >= 11 is 0. The zero-order chi connectivity index (χ0) is 18.8. The number of carbonyl (C=O) groups is 1. The molecule has 0 radical (unpaired) electrons. The highest BCUT2D eigenvalue weighted by atomic mass is 16.9. The van der Waals surface area contributed by atoms with Gasteiger partial charge in [0.25, 0.3) is 0 Å². The van der Waals surface area contributed by atoms with Crippen LogP contribution in [0.5, 0.6) is 17.2 Å². The van der Waals surface area contributed by atoms with Crippen molar-refractivity contribution in [3.05, 3.63) is 60.3 Å². The molecule has 0 aliphatic carbocycles. The molecule has 0 fully saturated rings. The Morgan fingerprint density at radius 1 is 1.07 bits per heavy atom. The summed E-state index contributed by atoms with van der Waals surface area (Å²) in [4.78, 5) is 21.5. The van der Waals surface area contributed by atoms with Crippen molar-refractivity contribution in [1.82, 2.24) is 10.2 Å². The van der Waals surface area contributed by atoms with Gasteiger partial charge in [-0.2, -0.15) is 0 Å². The van der Waals surface area contributed by atoms with E-state index in [0.717, 1.165) is 28.4 Å². The van der Waals surface area contributed by atoms with Gasteiger partial charge in [-0.3, -0.25) is 4.79 Å². The molecule has 3 aromatic rings. The number of aromatic nitrogens is 1. The van der Waals surface area contributed by atoms with Crippen LogP contribution in [0, 0.1) is 0 Å². The molecule has 2 aromatic carbocycles. The van der Waals surface area contributed by atoms with E-state index in [1.54, 1.807) is 7.11 Å². The van der Waals surface area contributed by atoms with Crippen LogP contribution in [-0.4, -0.2) is 22.8 Å². The Morgan fingerprint density at radius 2 is 1.85 bits per heavy atom. The van der Waals surface area contributed by atoms with Gasteiger partial charge >= 0.3 is 5.97 Å². The fourth-order valence-electron chi connectivity index (χ4n) is 3.11. The smallest absolute Gasteiger partial charge is 0.303 e. The van der Waals surface area contributed by atoms with Crippen LogP contribution in [0.1, 0.15) is 12.1 Å². The van der Waals surface area contributed by atoms with Crippen molar-refractivity contribution in [1.29, 1.82) is 0 Å². The molecule has 27 heavy (non-hydrogen) atoms. The Labute approximate surface area is 155 Å². The van der Waals surface area contributed by atoms with Gasteiger partial charge in [-0.1, -0.05) is 0 Å². The Kier molecular flexibility index (Phi) is 4.43. The topological polar surface area (TPSA) is 82.0 Å². The standard InChI is InChI=1S/C20H18N2O5/c1-25-16-7-2-13(3-8-16)17-9-4-14(6-11-20(23)24)22(17)15-5-10-18-19(12-15)27-21-26-18/h2-5,7-10,12,21H,6,11H2,1H3,(H,23,24). The molecule has 2 heterocycles. The molecule has 0 spiro atoms. The quantitative estimate of drug-likeness (QED) is 0.696. The molecule has 1 aliphatic rings. The predicted molar refractivity (Wildman–Crippen MR) is 98.1 cm³/mol. The first-order valence-corrected chi connectivity index (χ1v) is 8.45. The monoisotopic (exact) mass is 366 g/mol. The van der Waals surface area contributed by atoms with Crippen LogP contribution in [0.3, 0.4) is 0 Å². The molecule has 0 amide bonds. The minimum atomic E-state index is -0.830. The van der Waals surface area contributed by atoms with Gasteiger partial charge in [-0.25, -0.2) is 0 Å². The van der Waals surface area contributed by atoms with E-state index in [9.17, 15) is 4.79 Å². The summed E-state index contributed by atoms with van der Waals surface area (Å²) in [5.74, 6) is 1.12. The molecule has 0 saturated heterocycles. The lowest BCUT2D eigenvalue weighted by atomic mass is 10.1. The van der Waals surface area contributed by atoms with Gasteiger partial charge in [0.1, 0.15) is 5.75 Å². The second kappa shape index (κ2) is 7.05. The van der Waals surface area contributed by atoms with Crippen LogP contribution in [0.15, 0.2) is 54.6 Å². The van der Waals surface area contributed by atoms with Gasteiger partial charge in [-0.05, 0) is 60.5 Å². The average molecular weight is 366 g/mol. The molecule has 1 aliphatic heterocycles. The lowest BCUT2D eigenvalue weighted by Gasteiger charge is -2.14. The molecule has 0 saturated carbocycles. The summed E-state index contributed by atoms with van der Waals surface area (Å²) in [6, 6.07) is 17.2. The van der Waals surface area contributed by atoms with E-state index in [-0.39, 0.29) is 6.42 Å². The number of methoxy groups -OCH3 is 1. The number of fused-ring (bicyclic) bond motifs is 1. The third kappa shape index (κ3) is 3.32. The predicted octanol–water partition coefficient (Wildman–Crippen LogP) is 3.36. The number of carboxylic acids is 1. The molecular formula is C20H18N2O5. The minimum Gasteiger partial charge on any atom is -0.497 e. The van der Waals surface area contributed by atoms with Crippen molar-refractivity contribution in [3.8, 4) is 34.2 Å². The number of benzene rings is 2. The fraction of sp³-hybridized carbons (Fsp3) is 0.150. The van der Waals surface area contributed by atoms with Crippen LogP contribution in [-0.2, 0) is 11.2 Å². The van der Waals surface area contributed by atoms with Crippen LogP contribution in [0.4, 0.5) is 0 Å². The first kappa shape index (κ1) is 17.0. The second-order valence-electron chi connectivity index (χ2n) is 6.09. The first-order chi connectivity index (χ1) is 13.2. The van der Waals surface area contributed by atoms with Crippen LogP contribution in [0.25, 0.3) is 16.9 Å². The summed E-state index contributed by atoms with van der Waals surface area (Å²) in [6.07, 6.45) is 0.469. The van der Waals surface area contributed by atoms with Gasteiger partial charge in [0.15, 0.2) is 11.5 Å². The minimum absolute atomic E-state index is 0.0537. The van der Waals surface area contributed by atoms with Gasteiger partial charge in [-0.15, -0.1) is 0 Å². The van der Waals surface area contributed by atoms with Crippen LogP contribution < -0.4 is 20.1 Å². The molecule has 1 aromatic heterocycles. The third-order valence-electron chi connectivity index (χ3n) is 4.43. The summed E-state index contributed by atoms with van der Waals surface area (Å²) in [5.41, 5.74) is 6.07. The largest absolute Gasteiger partial charge is 0.497 e. The SMILES string of the molecule is COc1ccc(-c2ccc(CCC(=O)O)n2-c2ccc3c(c2)ONO3)cc1. The number of ether oxygens (including phenoxy) is 1. The third-order valence-corrected chi connectivity index (χ3v) is 4.43. The number of aryl methyl sites for hydroxylation is 1. The molecule has 0 unspecified atom stereocenters. The lowest BCUT2D eigenvalue weighted by Crippen LogP contribution is -2.14. The maximum Gasteiger partial charge on any atom is 0.303 e. The Morgan fingerprint density at radius 3 is 2.59 bits per heavy atom. The van der Waals surface area contributed by atoms with Gasteiger partial charge in [0.05, 0.1) is 19.2 Å². The highest BCUT2D eigenvalue weighted by molar-refractivity contribution is 5.68. The summed E-state index contributed by atoms with van der Waals surface area (Å²) in [7, 11) is 1.63. The Bertz CT molecular complexity index is 979. The average Bonchev–Trinajstić information content (AvgIpc) is 3.32. The highest BCUT2D eigenvalue weighted by Crippen LogP contribution is 2.35. The second-order valence-corrected chi connectivity index (χ2v) is 6.09. The summed E-state index contributed by atoms with van der Waals surface area (Å²) in [5, 5.41) is 9.08. The van der Waals surface area contributed by atoms with Crippen molar-refractivity contribution in [3.63, 3.8) is 0 Å². The van der Waals surface area contributed by atoms with Gasteiger partial charge in [0.2, 0.25) is 0 Å². The van der Waals surface area contributed by atoms with Crippen LogP contribution in [0.2, 0.25) is 0 Å². The number of hydrogen-bond donors (Lipinski definition) is 2. The number of carboxylic acid groups (broad SMARTS) is 1. The molecule has 2 N–H and O–H groups in total. The Balaban J connectivity index is 1.80. The van der Waals surface area contributed by atoms with Gasteiger partial charge < -0.3 is 24.1 Å². The molecule has 7 heteroatoms. The van der Waals surface area contributed by atoms with Crippen LogP contribution >= 0.6 is 0 Å². The van der Waals surface area contributed by atoms with E-state index in [1.807, 2.05) is 59.2 Å². The number of nitrogens with zero attached hydrogens (tertiary/aromatic N) is 1. The molecule has 0 bridgehead atoms. The summed E-state index contributed by atoms with van der Waals surface area (Å²) in [6.45, 7) is 0. The van der Waals surface area contributed by atoms with E-state index >= 15 is 0 Å². The zero-order valence-corrected chi connectivity index (χ0v) is 14.6. The maximum absolute atomic E-state index is 11.1. The molecule has 138 valence electrons. The van der Waals surface area contributed by atoms with E-state index in [0.29, 0.717) is 17.9 Å². The van der Waals surface area contributed by atoms with Crippen molar-refractivity contribution in [2.24, 2.45) is 0 Å². The molecular weight excluding hydrogens is 348 g/mol. The van der Waals surface area contributed by atoms with E-state index < -0.39 is 5.97 Å². The normalized spacial score (nSPS) is 12.2.